The van der Waals surface area contributed by atoms with Gasteiger partial charge < -0.3 is 10.2 Å². The van der Waals surface area contributed by atoms with Crippen LogP contribution in [0.1, 0.15) is 18.4 Å². The molecule has 0 aliphatic carbocycles. The largest absolute Gasteiger partial charge is 0.367 e. The van der Waals surface area contributed by atoms with Crippen LogP contribution >= 0.6 is 27.5 Å². The van der Waals surface area contributed by atoms with Crippen LogP contribution in [0, 0.1) is 11.3 Å². The zero-order valence-electron chi connectivity index (χ0n) is 12.8. The number of fused-ring (bicyclic) bond motifs is 3. The summed E-state index contributed by atoms with van der Waals surface area (Å²) in [5, 5.41) is 12.5. The first-order valence-corrected chi connectivity index (χ1v) is 8.46. The first-order valence-electron chi connectivity index (χ1n) is 7.74. The molecule has 2 saturated heterocycles. The van der Waals surface area contributed by atoms with E-state index in [2.05, 4.69) is 31.9 Å². The predicted molar refractivity (Wildman–Crippen MR) is 91.3 cm³/mol. The van der Waals surface area contributed by atoms with Crippen LogP contribution in [0.5, 0.6) is 0 Å². The SMILES string of the molecule is [2H]N1[C@@H]2CC[C@H]1CN(c1c(C#N)c(Cl)nc3cc(Br)ccc13)C2. The summed E-state index contributed by atoms with van der Waals surface area (Å²) < 4.78 is 9.06. The quantitative estimate of drug-likeness (QED) is 0.772. The van der Waals surface area contributed by atoms with Gasteiger partial charge >= 0.3 is 0 Å². The molecule has 0 spiro atoms. The van der Waals surface area contributed by atoms with E-state index in [1.807, 2.05) is 18.2 Å². The summed E-state index contributed by atoms with van der Waals surface area (Å²) in [7, 11) is 0. The van der Waals surface area contributed by atoms with Gasteiger partial charge in [-0.2, -0.15) is 5.26 Å². The molecule has 0 saturated carbocycles. The minimum absolute atomic E-state index is 0.220. The third-order valence-corrected chi connectivity index (χ3v) is 5.19. The standard InChI is InChI=1S/C16H14BrClN4/c17-9-1-4-12-14(5-9)21-16(18)13(6-19)15(12)22-7-10-2-3-11(8-22)20-10/h1,4-5,10-11,20H,2-3,7-8H2/t10-,11+/i/hD. The lowest BCUT2D eigenvalue weighted by Crippen LogP contribution is -2.51. The molecule has 22 heavy (non-hydrogen) atoms. The summed E-state index contributed by atoms with van der Waals surface area (Å²) in [5.74, 6) is 0. The molecule has 1 aromatic heterocycles. The maximum Gasteiger partial charge on any atom is 0.149 e. The molecule has 2 aliphatic rings. The Balaban J connectivity index is 1.90. The van der Waals surface area contributed by atoms with Crippen molar-refractivity contribution in [2.45, 2.75) is 24.9 Å². The first-order chi connectivity index (χ1) is 11.1. The van der Waals surface area contributed by atoms with Gasteiger partial charge in [-0.15, -0.1) is 0 Å². The number of benzene rings is 1. The number of halogens is 2. The van der Waals surface area contributed by atoms with Crippen LogP contribution in [0.25, 0.3) is 10.9 Å². The highest BCUT2D eigenvalue weighted by atomic mass is 79.9. The molecule has 2 aromatic rings. The lowest BCUT2D eigenvalue weighted by molar-refractivity contribution is 0.466. The molecule has 1 aromatic carbocycles. The normalized spacial score (nSPS) is 25.3. The number of nitrogens with one attached hydrogen (secondary N) is 1. The number of anilines is 1. The molecule has 2 aliphatic heterocycles. The van der Waals surface area contributed by atoms with E-state index in [0.29, 0.717) is 5.56 Å². The molecule has 0 unspecified atom stereocenters. The van der Waals surface area contributed by atoms with Crippen molar-refractivity contribution >= 4 is 44.1 Å². The topological polar surface area (TPSA) is 52.0 Å². The van der Waals surface area contributed by atoms with E-state index in [0.717, 1.165) is 47.0 Å². The van der Waals surface area contributed by atoms with Crippen molar-refractivity contribution in [3.05, 3.63) is 33.4 Å². The second-order valence-electron chi connectivity index (χ2n) is 5.84. The summed E-state index contributed by atoms with van der Waals surface area (Å²) in [6, 6.07) is 8.52. The molecule has 3 heterocycles. The number of pyridine rings is 1. The van der Waals surface area contributed by atoms with Gasteiger partial charge in [0.1, 0.15) is 18.2 Å². The molecule has 6 heteroatoms. The van der Waals surface area contributed by atoms with Gasteiger partial charge in [-0.3, -0.25) is 0 Å². The molecule has 112 valence electrons. The van der Waals surface area contributed by atoms with E-state index in [4.69, 9.17) is 13.0 Å². The van der Waals surface area contributed by atoms with Crippen molar-refractivity contribution < 1.29 is 1.41 Å². The van der Waals surface area contributed by atoms with Crippen molar-refractivity contribution in [1.82, 2.24) is 10.3 Å². The zero-order valence-corrected chi connectivity index (χ0v) is 14.1. The van der Waals surface area contributed by atoms with Crippen LogP contribution in [-0.4, -0.2) is 30.2 Å². The molecule has 2 fully saturated rings. The van der Waals surface area contributed by atoms with Crippen molar-refractivity contribution in [3.8, 4) is 6.07 Å². The fraction of sp³-hybridized carbons (Fsp3) is 0.375. The maximum atomic E-state index is 9.59. The molecule has 1 N–H and O–H groups in total. The smallest absolute Gasteiger partial charge is 0.149 e. The molecule has 0 radical (unpaired) electrons. The minimum Gasteiger partial charge on any atom is -0.367 e. The second kappa shape index (κ2) is 5.38. The van der Waals surface area contributed by atoms with Crippen molar-refractivity contribution in [3.63, 3.8) is 0 Å². The molecular formula is C16H14BrClN4. The van der Waals surface area contributed by atoms with Crippen molar-refractivity contribution in [2.75, 3.05) is 18.0 Å². The van der Waals surface area contributed by atoms with Gasteiger partial charge in [0, 0.05) is 35.0 Å². The van der Waals surface area contributed by atoms with Gasteiger partial charge in [-0.25, -0.2) is 4.98 Å². The Hall–Kier alpha value is -1.35. The Morgan fingerprint density at radius 1 is 1.41 bits per heavy atom. The molecule has 4 nitrogen and oxygen atoms in total. The number of nitrogens with zero attached hydrogens (tertiary/aromatic N) is 3. The summed E-state index contributed by atoms with van der Waals surface area (Å²) >= 11 is 9.73. The van der Waals surface area contributed by atoms with E-state index in [1.54, 1.807) is 5.31 Å². The number of nitriles is 1. The molecular weight excluding hydrogens is 364 g/mol. The van der Waals surface area contributed by atoms with Gasteiger partial charge in [-0.05, 0) is 31.0 Å². The van der Waals surface area contributed by atoms with Gasteiger partial charge in [0.05, 0.1) is 11.2 Å². The number of aromatic nitrogens is 1. The van der Waals surface area contributed by atoms with Gasteiger partial charge in [0.25, 0.3) is 0 Å². The van der Waals surface area contributed by atoms with Crippen molar-refractivity contribution in [1.29, 1.82) is 5.26 Å². The van der Waals surface area contributed by atoms with Gasteiger partial charge in [-0.1, -0.05) is 27.5 Å². The fourth-order valence-electron chi connectivity index (χ4n) is 3.49. The summed E-state index contributed by atoms with van der Waals surface area (Å²) in [5.41, 5.74) is 2.07. The van der Waals surface area contributed by atoms with E-state index < -0.39 is 0 Å². The summed E-state index contributed by atoms with van der Waals surface area (Å²) in [6.07, 6.45) is 2.07. The Labute approximate surface area is 143 Å². The van der Waals surface area contributed by atoms with Crippen LogP contribution in [0.15, 0.2) is 22.7 Å². The molecule has 2 bridgehead atoms. The second-order valence-corrected chi connectivity index (χ2v) is 7.11. The first kappa shape index (κ1) is 13.1. The fourth-order valence-corrected chi connectivity index (χ4v) is 4.07. The zero-order chi connectivity index (χ0) is 16.1. The van der Waals surface area contributed by atoms with E-state index in [1.165, 1.54) is 0 Å². The monoisotopic (exact) mass is 377 g/mol. The average Bonchev–Trinajstić information content (AvgIpc) is 2.74. The summed E-state index contributed by atoms with van der Waals surface area (Å²) in [6.45, 7) is 1.50. The lowest BCUT2D eigenvalue weighted by atomic mass is 10.1. The van der Waals surface area contributed by atoms with E-state index >= 15 is 0 Å². The third kappa shape index (κ3) is 2.26. The Morgan fingerprint density at radius 2 is 2.14 bits per heavy atom. The number of hydrogen-bond donors (Lipinski definition) is 1. The molecule has 4 rings (SSSR count). The van der Waals surface area contributed by atoms with Crippen LogP contribution in [0.2, 0.25) is 6.56 Å². The lowest BCUT2D eigenvalue weighted by Gasteiger charge is -2.35. The predicted octanol–water partition coefficient (Wildman–Crippen LogP) is 3.46. The Kier molecular flexibility index (Phi) is 3.21. The average molecular weight is 379 g/mol. The van der Waals surface area contributed by atoms with Gasteiger partial charge in [0.15, 0.2) is 0 Å². The molecule has 0 amide bonds. The maximum absolute atomic E-state index is 9.59. The van der Waals surface area contributed by atoms with Crippen LogP contribution < -0.4 is 10.2 Å². The highest BCUT2D eigenvalue weighted by Gasteiger charge is 2.34. The highest BCUT2D eigenvalue weighted by molar-refractivity contribution is 9.10. The van der Waals surface area contributed by atoms with Crippen molar-refractivity contribution in [2.24, 2.45) is 0 Å². The number of rotatable bonds is 1. The van der Waals surface area contributed by atoms with Crippen LogP contribution in [-0.2, 0) is 0 Å². The van der Waals surface area contributed by atoms with Crippen LogP contribution in [0.3, 0.4) is 0 Å². The highest BCUT2D eigenvalue weighted by Crippen LogP contribution is 2.37. The Morgan fingerprint density at radius 3 is 2.82 bits per heavy atom. The van der Waals surface area contributed by atoms with E-state index in [9.17, 15) is 5.26 Å². The van der Waals surface area contributed by atoms with Crippen LogP contribution in [0.4, 0.5) is 5.69 Å². The Bertz CT molecular complexity index is 823. The van der Waals surface area contributed by atoms with Gasteiger partial charge in [0.2, 0.25) is 0 Å². The van der Waals surface area contributed by atoms with E-state index in [-0.39, 0.29) is 17.2 Å². The third-order valence-electron chi connectivity index (χ3n) is 4.42. The minimum atomic E-state index is 0.220. The number of hydrogen-bond acceptors (Lipinski definition) is 4. The number of piperazine rings is 1. The summed E-state index contributed by atoms with van der Waals surface area (Å²) in [4.78, 5) is 6.59. The molecule has 2 atom stereocenters.